The molecule has 3 aromatic rings. The molecule has 34 heavy (non-hydrogen) atoms. The summed E-state index contributed by atoms with van der Waals surface area (Å²) >= 11 is 1.61. The highest BCUT2D eigenvalue weighted by Crippen LogP contribution is 2.42. The van der Waals surface area contributed by atoms with Gasteiger partial charge in [0.15, 0.2) is 0 Å². The molecule has 4 rings (SSSR count). The Bertz CT molecular complexity index is 1140. The van der Waals surface area contributed by atoms with E-state index >= 15 is 0 Å². The monoisotopic (exact) mass is 472 g/mol. The Morgan fingerprint density at radius 1 is 1.00 bits per heavy atom. The van der Waals surface area contributed by atoms with E-state index in [1.54, 1.807) is 11.8 Å². The zero-order valence-electron chi connectivity index (χ0n) is 19.9. The van der Waals surface area contributed by atoms with Crippen LogP contribution in [-0.2, 0) is 11.2 Å². The molecule has 0 unspecified atom stereocenters. The SMILES string of the molecule is CCCCCCc1ccc(C(=O)Nc2cccc([C@@H]3SCC(=O)N3c3cccc(C)c3)c2)cc1. The van der Waals surface area contributed by atoms with E-state index in [-0.39, 0.29) is 17.2 Å². The fraction of sp³-hybridized carbons (Fsp3) is 0.310. The van der Waals surface area contributed by atoms with Crippen molar-refractivity contribution in [2.24, 2.45) is 0 Å². The highest BCUT2D eigenvalue weighted by Gasteiger charge is 2.34. The van der Waals surface area contributed by atoms with Crippen LogP contribution in [0.5, 0.6) is 0 Å². The van der Waals surface area contributed by atoms with Crippen molar-refractivity contribution in [2.75, 3.05) is 16.0 Å². The molecule has 1 aliphatic rings. The molecular formula is C29H32N2O2S. The number of hydrogen-bond donors (Lipinski definition) is 1. The van der Waals surface area contributed by atoms with Gasteiger partial charge in [-0.3, -0.25) is 14.5 Å². The summed E-state index contributed by atoms with van der Waals surface area (Å²) in [6.07, 6.45) is 6.00. The van der Waals surface area contributed by atoms with Crippen molar-refractivity contribution in [3.05, 3.63) is 95.1 Å². The fourth-order valence-electron chi connectivity index (χ4n) is 4.28. The normalized spacial score (nSPS) is 15.5. The molecule has 3 aromatic carbocycles. The average molecular weight is 473 g/mol. The molecule has 0 radical (unpaired) electrons. The largest absolute Gasteiger partial charge is 0.322 e. The first kappa shape index (κ1) is 24.1. The number of thioether (sulfide) groups is 1. The van der Waals surface area contributed by atoms with Gasteiger partial charge in [-0.05, 0) is 72.9 Å². The van der Waals surface area contributed by atoms with Crippen LogP contribution in [0.4, 0.5) is 11.4 Å². The Morgan fingerprint density at radius 2 is 1.79 bits per heavy atom. The second-order valence-corrected chi connectivity index (χ2v) is 9.92. The second kappa shape index (κ2) is 11.4. The number of carbonyl (C=O) groups excluding carboxylic acids is 2. The number of rotatable bonds is 9. The Kier molecular flexibility index (Phi) is 8.07. The summed E-state index contributed by atoms with van der Waals surface area (Å²) in [5.74, 6) is 0.421. The van der Waals surface area contributed by atoms with Gasteiger partial charge in [0.1, 0.15) is 5.37 Å². The van der Waals surface area contributed by atoms with Crippen molar-refractivity contribution < 1.29 is 9.59 Å². The lowest BCUT2D eigenvalue weighted by Crippen LogP contribution is -2.27. The molecule has 1 aliphatic heterocycles. The lowest BCUT2D eigenvalue weighted by Gasteiger charge is -2.25. The van der Waals surface area contributed by atoms with E-state index in [0.29, 0.717) is 11.3 Å². The maximum Gasteiger partial charge on any atom is 0.255 e. The van der Waals surface area contributed by atoms with Crippen LogP contribution in [0.2, 0.25) is 0 Å². The molecule has 4 nitrogen and oxygen atoms in total. The summed E-state index contributed by atoms with van der Waals surface area (Å²) in [5, 5.41) is 2.91. The van der Waals surface area contributed by atoms with Crippen molar-refractivity contribution in [1.82, 2.24) is 0 Å². The van der Waals surface area contributed by atoms with Gasteiger partial charge in [0.2, 0.25) is 5.91 Å². The molecule has 1 saturated heterocycles. The van der Waals surface area contributed by atoms with Gasteiger partial charge in [0, 0.05) is 16.9 Å². The summed E-state index contributed by atoms with van der Waals surface area (Å²) in [7, 11) is 0. The van der Waals surface area contributed by atoms with Crippen LogP contribution < -0.4 is 10.2 Å². The molecule has 1 N–H and O–H groups in total. The number of hydrogen-bond acceptors (Lipinski definition) is 3. The number of aryl methyl sites for hydroxylation is 2. The number of amides is 2. The van der Waals surface area contributed by atoms with Gasteiger partial charge in [-0.15, -0.1) is 11.8 Å². The van der Waals surface area contributed by atoms with Crippen LogP contribution >= 0.6 is 11.8 Å². The van der Waals surface area contributed by atoms with Crippen LogP contribution in [0.25, 0.3) is 0 Å². The molecule has 1 atom stereocenters. The van der Waals surface area contributed by atoms with E-state index in [2.05, 4.69) is 24.4 Å². The summed E-state index contributed by atoms with van der Waals surface area (Å²) < 4.78 is 0. The van der Waals surface area contributed by atoms with E-state index < -0.39 is 0 Å². The van der Waals surface area contributed by atoms with E-state index in [0.717, 1.165) is 28.9 Å². The number of nitrogens with zero attached hydrogens (tertiary/aromatic N) is 1. The number of unbranched alkanes of at least 4 members (excludes halogenated alkanes) is 3. The van der Waals surface area contributed by atoms with E-state index in [9.17, 15) is 9.59 Å². The molecule has 0 aliphatic carbocycles. The topological polar surface area (TPSA) is 49.4 Å². The minimum absolute atomic E-state index is 0.102. The highest BCUT2D eigenvalue weighted by molar-refractivity contribution is 8.00. The molecule has 2 amide bonds. The molecule has 5 heteroatoms. The van der Waals surface area contributed by atoms with Crippen LogP contribution in [0.15, 0.2) is 72.8 Å². The van der Waals surface area contributed by atoms with Gasteiger partial charge in [-0.1, -0.05) is 62.6 Å². The lowest BCUT2D eigenvalue weighted by molar-refractivity contribution is -0.115. The van der Waals surface area contributed by atoms with Gasteiger partial charge in [0.25, 0.3) is 5.91 Å². The van der Waals surface area contributed by atoms with Gasteiger partial charge in [-0.25, -0.2) is 0 Å². The van der Waals surface area contributed by atoms with Crippen molar-refractivity contribution in [2.45, 2.75) is 51.3 Å². The Hall–Kier alpha value is -3.05. The fourth-order valence-corrected chi connectivity index (χ4v) is 5.45. The molecule has 0 saturated carbocycles. The maximum atomic E-state index is 12.9. The highest BCUT2D eigenvalue weighted by atomic mass is 32.2. The first-order chi connectivity index (χ1) is 16.5. The predicted molar refractivity (Wildman–Crippen MR) is 143 cm³/mol. The number of anilines is 2. The minimum Gasteiger partial charge on any atom is -0.322 e. The summed E-state index contributed by atoms with van der Waals surface area (Å²) in [6, 6.07) is 23.7. The van der Waals surface area contributed by atoms with Crippen LogP contribution in [0, 0.1) is 6.92 Å². The summed E-state index contributed by atoms with van der Waals surface area (Å²) in [6.45, 7) is 4.25. The number of nitrogens with one attached hydrogen (secondary N) is 1. The van der Waals surface area contributed by atoms with Crippen molar-refractivity contribution >= 4 is 35.0 Å². The standard InChI is InChI=1S/C29H32N2O2S/c1-3-4-5-6-10-22-14-16-23(17-15-22)28(33)30-25-12-8-11-24(19-25)29-31(27(32)20-34-29)26-13-7-9-21(2)18-26/h7-9,11-19,29H,3-6,10,20H2,1-2H3,(H,30,33)/t29-/m0/s1. The molecule has 1 heterocycles. The van der Waals surface area contributed by atoms with Crippen LogP contribution in [-0.4, -0.2) is 17.6 Å². The van der Waals surface area contributed by atoms with Crippen LogP contribution in [0.1, 0.15) is 65.0 Å². The summed E-state index contributed by atoms with van der Waals surface area (Å²) in [4.78, 5) is 27.4. The predicted octanol–water partition coefficient (Wildman–Crippen LogP) is 7.15. The first-order valence-corrected chi connectivity index (χ1v) is 13.1. The van der Waals surface area contributed by atoms with Crippen molar-refractivity contribution in [3.63, 3.8) is 0 Å². The number of carbonyl (C=O) groups is 2. The van der Waals surface area contributed by atoms with Crippen LogP contribution in [0.3, 0.4) is 0 Å². The smallest absolute Gasteiger partial charge is 0.255 e. The quantitative estimate of drug-likeness (QED) is 0.337. The Balaban J connectivity index is 1.44. The van der Waals surface area contributed by atoms with Gasteiger partial charge >= 0.3 is 0 Å². The average Bonchev–Trinajstić information content (AvgIpc) is 3.24. The minimum atomic E-state index is -0.125. The molecule has 176 valence electrons. The van der Waals surface area contributed by atoms with Gasteiger partial charge in [0.05, 0.1) is 5.75 Å². The van der Waals surface area contributed by atoms with Gasteiger partial charge in [-0.2, -0.15) is 0 Å². The Labute approximate surface area is 206 Å². The lowest BCUT2D eigenvalue weighted by atomic mass is 10.0. The zero-order chi connectivity index (χ0) is 23.9. The third-order valence-electron chi connectivity index (χ3n) is 6.11. The van der Waals surface area contributed by atoms with E-state index in [1.165, 1.54) is 31.2 Å². The zero-order valence-corrected chi connectivity index (χ0v) is 20.7. The molecule has 0 bridgehead atoms. The van der Waals surface area contributed by atoms with E-state index in [1.807, 2.05) is 72.5 Å². The Morgan fingerprint density at radius 3 is 2.56 bits per heavy atom. The number of benzene rings is 3. The van der Waals surface area contributed by atoms with Gasteiger partial charge < -0.3 is 5.32 Å². The third-order valence-corrected chi connectivity index (χ3v) is 7.32. The summed E-state index contributed by atoms with van der Waals surface area (Å²) in [5.41, 5.74) is 5.68. The third kappa shape index (κ3) is 5.89. The van der Waals surface area contributed by atoms with Crippen molar-refractivity contribution in [3.8, 4) is 0 Å². The van der Waals surface area contributed by atoms with E-state index in [4.69, 9.17) is 0 Å². The molecular weight excluding hydrogens is 440 g/mol. The maximum absolute atomic E-state index is 12.9. The molecule has 0 aromatic heterocycles. The molecule has 1 fully saturated rings. The second-order valence-electron chi connectivity index (χ2n) is 8.85. The first-order valence-electron chi connectivity index (χ1n) is 12.1. The molecule has 0 spiro atoms. The van der Waals surface area contributed by atoms with Crippen molar-refractivity contribution in [1.29, 1.82) is 0 Å².